The van der Waals surface area contributed by atoms with Crippen LogP contribution < -0.4 is 15.8 Å². The number of halogens is 1. The van der Waals surface area contributed by atoms with E-state index in [1.807, 2.05) is 0 Å². The molecule has 10 nitrogen and oxygen atoms in total. The number of hydrogen-bond donors (Lipinski definition) is 2. The summed E-state index contributed by atoms with van der Waals surface area (Å²) in [7, 11) is 0. The average Bonchev–Trinajstić information content (AvgIpc) is 3.11. The molecule has 162 valence electrons. The lowest BCUT2D eigenvalue weighted by molar-refractivity contribution is -0.0824. The Morgan fingerprint density at radius 2 is 2.23 bits per heavy atom. The van der Waals surface area contributed by atoms with Gasteiger partial charge in [-0.25, -0.2) is 13.9 Å². The summed E-state index contributed by atoms with van der Waals surface area (Å²) in [6.45, 7) is 3.39. The van der Waals surface area contributed by atoms with E-state index in [1.165, 1.54) is 16.9 Å². The number of amides is 1. The van der Waals surface area contributed by atoms with E-state index in [9.17, 15) is 9.18 Å². The third-order valence-electron chi connectivity index (χ3n) is 5.59. The Bertz CT molecular complexity index is 1120. The van der Waals surface area contributed by atoms with Crippen LogP contribution in [0, 0.1) is 5.82 Å². The maximum Gasteiger partial charge on any atom is 0.261 e. The second-order valence-corrected chi connectivity index (χ2v) is 7.69. The second kappa shape index (κ2) is 8.08. The van der Waals surface area contributed by atoms with Gasteiger partial charge < -0.3 is 20.5 Å². The van der Waals surface area contributed by atoms with Gasteiger partial charge in [0.15, 0.2) is 17.3 Å². The number of carbonyl (C=O) groups is 1. The summed E-state index contributed by atoms with van der Waals surface area (Å²) < 4.78 is 26.3. The molecular weight excluding hydrogens is 405 g/mol. The van der Waals surface area contributed by atoms with Gasteiger partial charge in [0.25, 0.3) is 5.91 Å². The zero-order valence-corrected chi connectivity index (χ0v) is 16.7. The predicted octanol–water partition coefficient (Wildman–Crippen LogP) is 1.34. The van der Waals surface area contributed by atoms with Crippen LogP contribution in [-0.4, -0.2) is 68.8 Å². The lowest BCUT2D eigenvalue weighted by atomic mass is 10.0. The highest BCUT2D eigenvalue weighted by Crippen LogP contribution is 2.28. The van der Waals surface area contributed by atoms with Crippen LogP contribution in [0.3, 0.4) is 0 Å². The number of likely N-dealkylation sites (tertiary alicyclic amines) is 1. The molecule has 3 aromatic rings. The van der Waals surface area contributed by atoms with Crippen molar-refractivity contribution in [2.24, 2.45) is 0 Å². The van der Waals surface area contributed by atoms with Crippen molar-refractivity contribution in [3.63, 3.8) is 0 Å². The molecule has 1 unspecified atom stereocenters. The Morgan fingerprint density at radius 3 is 3.03 bits per heavy atom. The van der Waals surface area contributed by atoms with Crippen molar-refractivity contribution in [1.82, 2.24) is 24.5 Å². The summed E-state index contributed by atoms with van der Waals surface area (Å²) in [6, 6.07) is 2.19. The Hall–Kier alpha value is -3.31. The Kier molecular flexibility index (Phi) is 5.12. The average molecular weight is 427 g/mol. The molecule has 3 N–H and O–H groups in total. The van der Waals surface area contributed by atoms with Crippen molar-refractivity contribution in [1.29, 1.82) is 0 Å². The quantitative estimate of drug-likeness (QED) is 0.626. The molecule has 2 aliphatic rings. The molecule has 3 aromatic heterocycles. The smallest absolute Gasteiger partial charge is 0.261 e. The molecule has 0 saturated carbocycles. The Labute approximate surface area is 177 Å². The van der Waals surface area contributed by atoms with Crippen LogP contribution in [0.5, 0.6) is 5.75 Å². The lowest BCUT2D eigenvalue weighted by Crippen LogP contribution is -2.54. The fourth-order valence-corrected chi connectivity index (χ4v) is 3.84. The third-order valence-corrected chi connectivity index (χ3v) is 5.59. The molecule has 0 aromatic carbocycles. The van der Waals surface area contributed by atoms with Gasteiger partial charge in [-0.1, -0.05) is 0 Å². The molecular formula is C20H22FN7O3. The first kappa shape index (κ1) is 19.6. The van der Waals surface area contributed by atoms with Crippen LogP contribution in [0.1, 0.15) is 23.2 Å². The maximum absolute atomic E-state index is 13.6. The van der Waals surface area contributed by atoms with E-state index >= 15 is 0 Å². The van der Waals surface area contributed by atoms with Crippen LogP contribution in [-0.2, 0) is 4.74 Å². The molecule has 2 aliphatic heterocycles. The molecule has 0 bridgehead atoms. The minimum Gasteiger partial charge on any atom is -0.487 e. The fraction of sp³-hybridized carbons (Fsp3) is 0.400. The van der Waals surface area contributed by atoms with Crippen molar-refractivity contribution in [3.8, 4) is 5.75 Å². The number of hydrogen-bond acceptors (Lipinski definition) is 8. The van der Waals surface area contributed by atoms with Gasteiger partial charge in [-0.3, -0.25) is 14.7 Å². The highest BCUT2D eigenvalue weighted by Gasteiger charge is 2.31. The molecule has 0 spiro atoms. The van der Waals surface area contributed by atoms with Gasteiger partial charge in [-0.15, -0.1) is 0 Å². The first-order valence-electron chi connectivity index (χ1n) is 10.1. The number of nitrogens with zero attached hydrogens (tertiary/aromatic N) is 5. The molecule has 1 amide bonds. The van der Waals surface area contributed by atoms with Gasteiger partial charge in [0.05, 0.1) is 37.8 Å². The van der Waals surface area contributed by atoms with Crippen molar-refractivity contribution >= 4 is 23.1 Å². The first-order chi connectivity index (χ1) is 15.1. The largest absolute Gasteiger partial charge is 0.487 e. The SMILES string of the molecule is Nc1nc2c(C(=O)Nc3cnccc3OC3CCCN(C4COC4)C3)cnn2cc1F. The van der Waals surface area contributed by atoms with Crippen molar-refractivity contribution in [2.75, 3.05) is 37.4 Å². The van der Waals surface area contributed by atoms with Gasteiger partial charge >= 0.3 is 0 Å². The topological polar surface area (TPSA) is 120 Å². The summed E-state index contributed by atoms with van der Waals surface area (Å²) >= 11 is 0. The van der Waals surface area contributed by atoms with E-state index in [2.05, 4.69) is 25.3 Å². The minimum atomic E-state index is -0.708. The number of nitrogens with one attached hydrogen (secondary N) is 1. The number of ether oxygens (including phenoxy) is 2. The molecule has 1 atom stereocenters. The third kappa shape index (κ3) is 3.89. The second-order valence-electron chi connectivity index (χ2n) is 7.69. The number of rotatable bonds is 5. The van der Waals surface area contributed by atoms with Gasteiger partial charge in [-0.05, 0) is 19.4 Å². The predicted molar refractivity (Wildman–Crippen MR) is 109 cm³/mol. The van der Waals surface area contributed by atoms with Gasteiger partial charge in [0, 0.05) is 18.8 Å². The summed E-state index contributed by atoms with van der Waals surface area (Å²) in [5.74, 6) is -0.940. The van der Waals surface area contributed by atoms with Crippen molar-refractivity contribution < 1.29 is 18.7 Å². The number of piperidine rings is 1. The van der Waals surface area contributed by atoms with E-state index in [0.717, 1.165) is 45.3 Å². The normalized spacial score (nSPS) is 19.8. The fourth-order valence-electron chi connectivity index (χ4n) is 3.84. The van der Waals surface area contributed by atoms with Gasteiger partial charge in [-0.2, -0.15) is 5.10 Å². The van der Waals surface area contributed by atoms with Crippen LogP contribution in [0.25, 0.3) is 5.65 Å². The van der Waals surface area contributed by atoms with Crippen LogP contribution in [0.2, 0.25) is 0 Å². The summed E-state index contributed by atoms with van der Waals surface area (Å²) in [4.78, 5) is 23.3. The molecule has 11 heteroatoms. The van der Waals surface area contributed by atoms with E-state index in [1.54, 1.807) is 12.3 Å². The Morgan fingerprint density at radius 1 is 1.35 bits per heavy atom. The number of pyridine rings is 1. The van der Waals surface area contributed by atoms with Crippen LogP contribution >= 0.6 is 0 Å². The highest BCUT2D eigenvalue weighted by atomic mass is 19.1. The van der Waals surface area contributed by atoms with Crippen LogP contribution in [0.15, 0.2) is 30.9 Å². The molecule has 0 aliphatic carbocycles. The van der Waals surface area contributed by atoms with E-state index in [0.29, 0.717) is 17.5 Å². The van der Waals surface area contributed by atoms with E-state index in [-0.39, 0.29) is 23.1 Å². The number of anilines is 2. The Balaban J connectivity index is 1.32. The maximum atomic E-state index is 13.6. The zero-order chi connectivity index (χ0) is 21.4. The monoisotopic (exact) mass is 427 g/mol. The molecule has 2 saturated heterocycles. The number of carbonyl (C=O) groups excluding carboxylic acids is 1. The summed E-state index contributed by atoms with van der Waals surface area (Å²) in [5, 5.41) is 6.77. The number of nitrogens with two attached hydrogens (primary N) is 1. The van der Waals surface area contributed by atoms with Gasteiger partial charge in [0.2, 0.25) is 0 Å². The zero-order valence-electron chi connectivity index (χ0n) is 16.7. The van der Waals surface area contributed by atoms with E-state index in [4.69, 9.17) is 15.2 Å². The number of aromatic nitrogens is 4. The molecule has 5 heterocycles. The summed E-state index contributed by atoms with van der Waals surface area (Å²) in [5.41, 5.74) is 6.30. The van der Waals surface area contributed by atoms with E-state index < -0.39 is 11.7 Å². The summed E-state index contributed by atoms with van der Waals surface area (Å²) in [6.07, 6.45) is 7.52. The molecule has 2 fully saturated rings. The standard InChI is InChI=1S/C20H22FN7O3/c21-15-9-28-19(26-18(15)22)14(6-24-28)20(29)25-16-7-23-4-3-17(16)31-13-2-1-5-27(8-13)12-10-30-11-12/h3-4,6-7,9,12-13H,1-2,5,8,10-11H2,(H2,22,26)(H,25,29). The number of nitrogen functional groups attached to an aromatic ring is 1. The minimum absolute atomic E-state index is 0.00817. The molecule has 0 radical (unpaired) electrons. The highest BCUT2D eigenvalue weighted by molar-refractivity contribution is 6.08. The molecule has 5 rings (SSSR count). The van der Waals surface area contributed by atoms with Gasteiger partial charge in [0.1, 0.15) is 23.1 Å². The number of fused-ring (bicyclic) bond motifs is 1. The van der Waals surface area contributed by atoms with Crippen molar-refractivity contribution in [2.45, 2.75) is 25.0 Å². The lowest BCUT2D eigenvalue weighted by Gasteiger charge is -2.41. The first-order valence-corrected chi connectivity index (χ1v) is 10.1. The van der Waals surface area contributed by atoms with Crippen molar-refractivity contribution in [3.05, 3.63) is 42.2 Å². The van der Waals surface area contributed by atoms with Crippen LogP contribution in [0.4, 0.5) is 15.9 Å². The molecule has 31 heavy (non-hydrogen) atoms.